The van der Waals surface area contributed by atoms with Gasteiger partial charge in [0.05, 0.1) is 17.7 Å². The van der Waals surface area contributed by atoms with Gasteiger partial charge >= 0.3 is 12.1 Å². The molecule has 0 unspecified atom stereocenters. The Kier molecular flexibility index (Phi) is 10.0. The molecule has 0 fully saturated rings. The second kappa shape index (κ2) is 13.2. The summed E-state index contributed by atoms with van der Waals surface area (Å²) in [4.78, 5) is 23.2. The fourth-order valence-electron chi connectivity index (χ4n) is 4.09. The molecule has 8 nitrogen and oxygen atoms in total. The van der Waals surface area contributed by atoms with Gasteiger partial charge in [-0.15, -0.1) is 0 Å². The van der Waals surface area contributed by atoms with Crippen molar-refractivity contribution in [1.82, 2.24) is 9.88 Å². The molecule has 1 aromatic heterocycles. The molecule has 1 heterocycles. The van der Waals surface area contributed by atoms with Crippen molar-refractivity contribution in [1.29, 1.82) is 0 Å². The minimum atomic E-state index is -4.44. The second-order valence-corrected chi connectivity index (χ2v) is 8.91. The van der Waals surface area contributed by atoms with Crippen molar-refractivity contribution in [2.24, 2.45) is 5.73 Å². The number of nitrogens with one attached hydrogen (secondary N) is 1. The zero-order valence-electron chi connectivity index (χ0n) is 21.3. The minimum Gasteiger partial charge on any atom is -0.488 e. The van der Waals surface area contributed by atoms with E-state index in [1.807, 2.05) is 29.8 Å². The zero-order chi connectivity index (χ0) is 27.7. The number of alkyl halides is 3. The maximum absolute atomic E-state index is 12.5. The molecule has 1 atom stereocenters. The molecule has 206 valence electrons. The highest BCUT2D eigenvalue weighted by Gasteiger charge is 2.29. The number of carbonyl (C=O) groups excluding carboxylic acids is 2. The van der Waals surface area contributed by atoms with Gasteiger partial charge in [-0.2, -0.15) is 13.2 Å². The number of nitrogens with zero attached hydrogens (tertiary/aromatic N) is 1. The van der Waals surface area contributed by atoms with Crippen LogP contribution in [0.5, 0.6) is 11.5 Å². The highest BCUT2D eigenvalue weighted by Crippen LogP contribution is 2.28. The van der Waals surface area contributed by atoms with E-state index in [4.69, 9.17) is 19.9 Å². The molecule has 0 radical (unpaired) electrons. The van der Waals surface area contributed by atoms with Crippen molar-refractivity contribution >= 4 is 22.8 Å². The molecule has 0 aliphatic rings. The number of carbonyl (C=O) groups is 2. The van der Waals surface area contributed by atoms with E-state index in [-0.39, 0.29) is 36.7 Å². The van der Waals surface area contributed by atoms with Gasteiger partial charge in [-0.25, -0.2) is 0 Å². The second-order valence-electron chi connectivity index (χ2n) is 8.91. The zero-order valence-corrected chi connectivity index (χ0v) is 21.3. The topological polar surface area (TPSA) is 105 Å². The largest absolute Gasteiger partial charge is 0.488 e. The number of esters is 1. The number of ether oxygens (including phenoxy) is 3. The van der Waals surface area contributed by atoms with Crippen molar-refractivity contribution in [3.8, 4) is 11.5 Å². The van der Waals surface area contributed by atoms with Gasteiger partial charge < -0.3 is 29.8 Å². The summed E-state index contributed by atoms with van der Waals surface area (Å²) in [6.07, 6.45) is -1.34. The highest BCUT2D eigenvalue weighted by atomic mass is 19.4. The number of benzene rings is 2. The maximum Gasteiger partial charge on any atom is 0.422 e. The number of halogens is 3. The summed E-state index contributed by atoms with van der Waals surface area (Å²) < 4.78 is 54.8. The first kappa shape index (κ1) is 28.8. The first-order valence-electron chi connectivity index (χ1n) is 12.2. The van der Waals surface area contributed by atoms with Gasteiger partial charge in [-0.05, 0) is 55.7 Å². The summed E-state index contributed by atoms with van der Waals surface area (Å²) in [6.45, 7) is 3.47. The van der Waals surface area contributed by atoms with Crippen LogP contribution in [-0.4, -0.2) is 55.0 Å². The Morgan fingerprint density at radius 1 is 1.08 bits per heavy atom. The van der Waals surface area contributed by atoms with Crippen LogP contribution in [0.25, 0.3) is 10.9 Å². The summed E-state index contributed by atoms with van der Waals surface area (Å²) in [5.41, 5.74) is 7.77. The number of rotatable bonds is 14. The molecule has 0 saturated carbocycles. The smallest absolute Gasteiger partial charge is 0.422 e. The van der Waals surface area contributed by atoms with Gasteiger partial charge in [0.2, 0.25) is 0 Å². The molecule has 0 spiro atoms. The maximum atomic E-state index is 12.5. The van der Waals surface area contributed by atoms with Crippen LogP contribution in [0.1, 0.15) is 36.2 Å². The third-order valence-electron chi connectivity index (χ3n) is 5.67. The third kappa shape index (κ3) is 8.69. The van der Waals surface area contributed by atoms with Crippen LogP contribution in [-0.2, 0) is 22.5 Å². The Morgan fingerprint density at radius 3 is 2.45 bits per heavy atom. The van der Waals surface area contributed by atoms with Crippen molar-refractivity contribution in [2.45, 2.75) is 45.5 Å². The number of hydrogen-bond acceptors (Lipinski definition) is 6. The van der Waals surface area contributed by atoms with E-state index < -0.39 is 18.7 Å². The first-order valence-corrected chi connectivity index (χ1v) is 12.2. The summed E-state index contributed by atoms with van der Waals surface area (Å²) in [5.74, 6) is -0.598. The van der Waals surface area contributed by atoms with Crippen LogP contribution in [0.15, 0.2) is 48.7 Å². The lowest BCUT2D eigenvalue weighted by Crippen LogP contribution is -2.32. The molecule has 2 aromatic carbocycles. The molecule has 3 aromatic rings. The fraction of sp³-hybridized carbons (Fsp3) is 0.407. The molecule has 3 rings (SSSR count). The van der Waals surface area contributed by atoms with Crippen LogP contribution in [0, 0.1) is 0 Å². The average molecular weight is 536 g/mol. The molecular weight excluding hydrogens is 503 g/mol. The van der Waals surface area contributed by atoms with E-state index in [0.29, 0.717) is 31.5 Å². The van der Waals surface area contributed by atoms with Gasteiger partial charge in [-0.1, -0.05) is 12.1 Å². The predicted octanol–water partition coefficient (Wildman–Crippen LogP) is 4.23. The third-order valence-corrected chi connectivity index (χ3v) is 5.67. The lowest BCUT2D eigenvalue weighted by Gasteiger charge is -2.17. The van der Waals surface area contributed by atoms with Crippen molar-refractivity contribution in [2.75, 3.05) is 26.4 Å². The van der Waals surface area contributed by atoms with Crippen LogP contribution < -0.4 is 20.5 Å². The van der Waals surface area contributed by atoms with E-state index in [1.54, 1.807) is 24.3 Å². The van der Waals surface area contributed by atoms with E-state index in [1.165, 1.54) is 13.0 Å². The van der Waals surface area contributed by atoms with Crippen molar-refractivity contribution in [3.05, 3.63) is 59.8 Å². The molecule has 0 aliphatic carbocycles. The van der Waals surface area contributed by atoms with Crippen LogP contribution >= 0.6 is 0 Å². The number of para-hydroxylation sites is 2. The molecule has 0 aliphatic heterocycles. The minimum absolute atomic E-state index is 0.0133. The van der Waals surface area contributed by atoms with Gasteiger partial charge in [-0.3, -0.25) is 9.59 Å². The van der Waals surface area contributed by atoms with E-state index in [9.17, 15) is 22.8 Å². The van der Waals surface area contributed by atoms with Crippen molar-refractivity contribution in [3.63, 3.8) is 0 Å². The molecule has 0 bridgehead atoms. The number of hydrogen-bond donors (Lipinski definition) is 2. The van der Waals surface area contributed by atoms with Crippen LogP contribution in [0.4, 0.5) is 13.2 Å². The fourth-order valence-corrected chi connectivity index (χ4v) is 4.09. The first-order chi connectivity index (χ1) is 18.0. The lowest BCUT2D eigenvalue weighted by atomic mass is 10.0. The quantitative estimate of drug-likeness (QED) is 0.237. The van der Waals surface area contributed by atoms with Gasteiger partial charge in [0, 0.05) is 37.6 Å². The van der Waals surface area contributed by atoms with Gasteiger partial charge in [0.1, 0.15) is 6.61 Å². The number of aromatic nitrogens is 1. The number of amides is 1. The number of aryl methyl sites for hydroxylation is 1. The average Bonchev–Trinajstić information content (AvgIpc) is 3.25. The Labute approximate surface area is 218 Å². The van der Waals surface area contributed by atoms with Crippen LogP contribution in [0.3, 0.4) is 0 Å². The summed E-state index contributed by atoms with van der Waals surface area (Å²) in [6, 6.07) is 11.9. The SMILES string of the molecule is CC(=O)OCCCn1ccc2cc(C[C@@H](C)NCCOc3ccccc3OCC(F)(F)F)cc(C(N)=O)c21. The van der Waals surface area contributed by atoms with Crippen LogP contribution in [0.2, 0.25) is 0 Å². The summed E-state index contributed by atoms with van der Waals surface area (Å²) in [7, 11) is 0. The number of primary amides is 1. The molecular formula is C27H32F3N3O5. The summed E-state index contributed by atoms with van der Waals surface area (Å²) >= 11 is 0. The predicted molar refractivity (Wildman–Crippen MR) is 136 cm³/mol. The molecule has 1 amide bonds. The summed E-state index contributed by atoms with van der Waals surface area (Å²) in [5, 5.41) is 4.20. The lowest BCUT2D eigenvalue weighted by molar-refractivity contribution is -0.153. The van der Waals surface area contributed by atoms with Gasteiger partial charge in [0.25, 0.3) is 5.91 Å². The monoisotopic (exact) mass is 535 g/mol. The molecule has 0 saturated heterocycles. The highest BCUT2D eigenvalue weighted by molar-refractivity contribution is 6.05. The Balaban J connectivity index is 1.56. The normalized spacial score (nSPS) is 12.3. The Hall–Kier alpha value is -3.73. The number of nitrogens with two attached hydrogens (primary N) is 1. The van der Waals surface area contributed by atoms with E-state index in [2.05, 4.69) is 5.32 Å². The van der Waals surface area contributed by atoms with E-state index in [0.717, 1.165) is 16.5 Å². The Bertz CT molecular complexity index is 1240. The molecule has 38 heavy (non-hydrogen) atoms. The molecule has 11 heteroatoms. The Morgan fingerprint density at radius 2 is 1.79 bits per heavy atom. The van der Waals surface area contributed by atoms with Crippen molar-refractivity contribution < 1.29 is 37.0 Å². The number of fused-ring (bicyclic) bond motifs is 1. The van der Waals surface area contributed by atoms with E-state index >= 15 is 0 Å². The van der Waals surface area contributed by atoms with Gasteiger partial charge in [0.15, 0.2) is 18.1 Å². The molecule has 3 N–H and O–H groups in total. The standard InChI is InChI=1S/C27H32F3N3O5/c1-18(32-9-13-37-23-6-3-4-7-24(23)38-17-27(28,29)30)14-20-15-21-8-11-33(10-5-12-36-19(2)34)25(21)22(16-20)26(31)35/h3-4,6-8,11,15-16,18,32H,5,9-10,12-14,17H2,1-2H3,(H2,31,35)/t18-/m1/s1.